The van der Waals surface area contributed by atoms with Gasteiger partial charge >= 0.3 is 0 Å². The van der Waals surface area contributed by atoms with Gasteiger partial charge in [-0.15, -0.1) is 0 Å². The number of aromatic nitrogens is 2. The van der Waals surface area contributed by atoms with Crippen LogP contribution in [0.1, 0.15) is 36.8 Å². The van der Waals surface area contributed by atoms with Crippen LogP contribution in [-0.4, -0.2) is 9.55 Å². The Bertz CT molecular complexity index is 3110. The molecular formula is C54H40N2. The fourth-order valence-electron chi connectivity index (χ4n) is 9.41. The zero-order valence-electron chi connectivity index (χ0n) is 31.4. The average molecular weight is 717 g/mol. The second-order valence-electron chi connectivity index (χ2n) is 15.5. The third-order valence-corrected chi connectivity index (χ3v) is 12.2. The summed E-state index contributed by atoms with van der Waals surface area (Å²) in [6.07, 6.45) is 3.68. The van der Waals surface area contributed by atoms with Gasteiger partial charge in [0.1, 0.15) is 5.82 Å². The van der Waals surface area contributed by atoms with Crippen LogP contribution in [-0.2, 0) is 6.42 Å². The van der Waals surface area contributed by atoms with Gasteiger partial charge < -0.3 is 0 Å². The van der Waals surface area contributed by atoms with Crippen LogP contribution in [0, 0.1) is 0 Å². The maximum atomic E-state index is 5.13. The first kappa shape index (κ1) is 32.6. The largest absolute Gasteiger partial charge is 0.292 e. The highest BCUT2D eigenvalue weighted by Crippen LogP contribution is 2.46. The van der Waals surface area contributed by atoms with Crippen molar-refractivity contribution in [1.29, 1.82) is 0 Å². The summed E-state index contributed by atoms with van der Waals surface area (Å²) < 4.78 is 2.27. The molecule has 1 unspecified atom stereocenters. The van der Waals surface area contributed by atoms with Crippen molar-refractivity contribution in [2.24, 2.45) is 0 Å². The van der Waals surface area contributed by atoms with Gasteiger partial charge in [0.2, 0.25) is 0 Å². The highest BCUT2D eigenvalue weighted by molar-refractivity contribution is 6.22. The molecule has 56 heavy (non-hydrogen) atoms. The highest BCUT2D eigenvalue weighted by atomic mass is 15.1. The molecule has 0 radical (unpaired) electrons. The van der Waals surface area contributed by atoms with Crippen LogP contribution < -0.4 is 0 Å². The Labute approximate surface area is 327 Å². The van der Waals surface area contributed by atoms with Crippen molar-refractivity contribution in [1.82, 2.24) is 9.55 Å². The number of benzene rings is 9. The lowest BCUT2D eigenvalue weighted by Gasteiger charge is -2.24. The van der Waals surface area contributed by atoms with Crippen molar-refractivity contribution in [3.05, 3.63) is 193 Å². The van der Waals surface area contributed by atoms with Crippen molar-refractivity contribution in [3.8, 4) is 50.5 Å². The van der Waals surface area contributed by atoms with Crippen molar-refractivity contribution in [2.75, 3.05) is 0 Å². The summed E-state index contributed by atoms with van der Waals surface area (Å²) in [5.74, 6) is 1.56. The monoisotopic (exact) mass is 716 g/mol. The van der Waals surface area contributed by atoms with Crippen LogP contribution >= 0.6 is 0 Å². The number of para-hydroxylation sites is 3. The van der Waals surface area contributed by atoms with E-state index < -0.39 is 0 Å². The van der Waals surface area contributed by atoms with Crippen molar-refractivity contribution in [2.45, 2.75) is 32.1 Å². The summed E-state index contributed by atoms with van der Waals surface area (Å²) in [7, 11) is 0. The summed E-state index contributed by atoms with van der Waals surface area (Å²) in [6.45, 7) is 2.38. The Morgan fingerprint density at radius 3 is 1.95 bits per heavy atom. The molecule has 1 heterocycles. The number of imidazole rings is 1. The molecule has 10 aromatic rings. The van der Waals surface area contributed by atoms with Crippen molar-refractivity contribution < 1.29 is 0 Å². The first-order valence-electron chi connectivity index (χ1n) is 19.9. The first-order chi connectivity index (χ1) is 27.7. The summed E-state index contributed by atoms with van der Waals surface area (Å²) in [4.78, 5) is 5.13. The molecule has 1 aliphatic rings. The Hall–Kier alpha value is -6.77. The zero-order chi connectivity index (χ0) is 37.2. The molecule has 9 aromatic carbocycles. The predicted octanol–water partition coefficient (Wildman–Crippen LogP) is 14.6. The van der Waals surface area contributed by atoms with E-state index in [9.17, 15) is 0 Å². The van der Waals surface area contributed by atoms with Crippen LogP contribution in [0.2, 0.25) is 0 Å². The van der Waals surface area contributed by atoms with Gasteiger partial charge in [-0.1, -0.05) is 153 Å². The Kier molecular flexibility index (Phi) is 7.70. The molecule has 1 aliphatic carbocycles. The lowest BCUT2D eigenvalue weighted by Crippen LogP contribution is -2.06. The Morgan fingerprint density at radius 1 is 0.482 bits per heavy atom. The van der Waals surface area contributed by atoms with E-state index in [0.717, 1.165) is 34.5 Å². The smallest absolute Gasteiger partial charge is 0.145 e. The molecule has 0 saturated carbocycles. The minimum atomic E-state index is 0.614. The second-order valence-corrected chi connectivity index (χ2v) is 15.5. The van der Waals surface area contributed by atoms with Crippen molar-refractivity contribution in [3.63, 3.8) is 0 Å². The van der Waals surface area contributed by atoms with Gasteiger partial charge in [-0.05, 0) is 138 Å². The maximum Gasteiger partial charge on any atom is 0.145 e. The van der Waals surface area contributed by atoms with E-state index >= 15 is 0 Å². The number of nitrogens with zero attached hydrogens (tertiary/aromatic N) is 2. The SMILES string of the molecule is CC1CCCc2cc(-c3c4ccccc4c(-c4ccc5ccccc5c4)c4cc(-c5ccc(-c6nc7ccccc7n6-c6ccccc6)cc5)ccc34)ccc21. The van der Waals surface area contributed by atoms with Gasteiger partial charge in [-0.25, -0.2) is 4.98 Å². The minimum absolute atomic E-state index is 0.614. The van der Waals surface area contributed by atoms with E-state index in [-0.39, 0.29) is 0 Å². The molecule has 0 bridgehead atoms. The van der Waals surface area contributed by atoms with E-state index in [1.165, 1.54) is 89.7 Å². The number of rotatable bonds is 5. The van der Waals surface area contributed by atoms with Crippen LogP contribution in [0.5, 0.6) is 0 Å². The molecule has 11 rings (SSSR count). The van der Waals surface area contributed by atoms with E-state index in [0.29, 0.717) is 5.92 Å². The normalized spacial score (nSPS) is 14.1. The number of fused-ring (bicyclic) bond motifs is 5. The van der Waals surface area contributed by atoms with Crippen LogP contribution in [0.15, 0.2) is 182 Å². The predicted molar refractivity (Wildman–Crippen MR) is 237 cm³/mol. The van der Waals surface area contributed by atoms with Gasteiger partial charge in [0.15, 0.2) is 0 Å². The van der Waals surface area contributed by atoms with Crippen LogP contribution in [0.4, 0.5) is 0 Å². The topological polar surface area (TPSA) is 17.8 Å². The van der Waals surface area contributed by atoms with Gasteiger partial charge in [-0.2, -0.15) is 0 Å². The van der Waals surface area contributed by atoms with E-state index in [1.54, 1.807) is 0 Å². The molecule has 0 saturated heterocycles. The molecule has 0 amide bonds. The molecule has 0 N–H and O–H groups in total. The average Bonchev–Trinajstić information content (AvgIpc) is 3.65. The lowest BCUT2D eigenvalue weighted by molar-refractivity contribution is 0.590. The summed E-state index contributed by atoms with van der Waals surface area (Å²) in [5.41, 5.74) is 14.8. The molecule has 266 valence electrons. The quantitative estimate of drug-likeness (QED) is 0.162. The molecule has 0 aliphatic heterocycles. The first-order valence-corrected chi connectivity index (χ1v) is 19.9. The fraction of sp³-hybridized carbons (Fsp3) is 0.0926. The molecule has 2 heteroatoms. The number of hydrogen-bond acceptors (Lipinski definition) is 1. The Morgan fingerprint density at radius 2 is 1.11 bits per heavy atom. The summed E-state index contributed by atoms with van der Waals surface area (Å²) in [6, 6.07) is 67.0. The molecule has 0 spiro atoms. The zero-order valence-corrected chi connectivity index (χ0v) is 31.4. The van der Waals surface area contributed by atoms with Gasteiger partial charge in [0.25, 0.3) is 0 Å². The lowest BCUT2D eigenvalue weighted by atomic mass is 9.80. The highest BCUT2D eigenvalue weighted by Gasteiger charge is 2.21. The van der Waals surface area contributed by atoms with Crippen LogP contribution in [0.3, 0.4) is 0 Å². The summed E-state index contributed by atoms with van der Waals surface area (Å²) >= 11 is 0. The van der Waals surface area contributed by atoms with E-state index in [4.69, 9.17) is 4.98 Å². The fourth-order valence-corrected chi connectivity index (χ4v) is 9.41. The number of hydrogen-bond donors (Lipinski definition) is 0. The van der Waals surface area contributed by atoms with E-state index in [2.05, 4.69) is 193 Å². The standard InChI is InChI=1S/C54H40N2/c1-35-12-11-15-41-33-43(29-30-45(35)41)52-46-18-7-8-19-47(46)53(42-27-24-36-13-5-6-14-39(36)32-42)49-34-40(28-31-48(49)52)37-22-25-38(26-23-37)54-55-50-20-9-10-21-51(50)56(54)44-16-3-2-4-17-44/h2-10,13-14,16-35H,11-12,15H2,1H3. The molecular weight excluding hydrogens is 677 g/mol. The molecule has 1 aromatic heterocycles. The molecule has 2 nitrogen and oxygen atoms in total. The van der Waals surface area contributed by atoms with Crippen molar-refractivity contribution >= 4 is 43.4 Å². The minimum Gasteiger partial charge on any atom is -0.292 e. The van der Waals surface area contributed by atoms with E-state index in [1.807, 2.05) is 0 Å². The number of aryl methyl sites for hydroxylation is 1. The molecule has 1 atom stereocenters. The van der Waals surface area contributed by atoms with Gasteiger partial charge in [-0.3, -0.25) is 4.57 Å². The maximum absolute atomic E-state index is 5.13. The second kappa shape index (κ2) is 13.2. The third kappa shape index (κ3) is 5.36. The van der Waals surface area contributed by atoms with Crippen LogP contribution in [0.25, 0.3) is 93.8 Å². The summed E-state index contributed by atoms with van der Waals surface area (Å²) in [5, 5.41) is 7.64. The molecule has 0 fully saturated rings. The third-order valence-electron chi connectivity index (χ3n) is 12.2. The van der Waals surface area contributed by atoms with Gasteiger partial charge in [0.05, 0.1) is 11.0 Å². The Balaban J connectivity index is 1.11. The van der Waals surface area contributed by atoms with Gasteiger partial charge in [0, 0.05) is 11.3 Å².